The van der Waals surface area contributed by atoms with Gasteiger partial charge in [-0.2, -0.15) is 0 Å². The molecule has 3 aromatic rings. The molecule has 2 heterocycles. The largest absolute Gasteiger partial charge is 0.472 e. The molecule has 0 fully saturated rings. The summed E-state index contributed by atoms with van der Waals surface area (Å²) in [7, 11) is 0. The molecule has 142 valence electrons. The van der Waals surface area contributed by atoms with Gasteiger partial charge in [0.05, 0.1) is 5.39 Å². The fourth-order valence-electron chi connectivity index (χ4n) is 3.97. The van der Waals surface area contributed by atoms with E-state index in [9.17, 15) is 0 Å². The Labute approximate surface area is 165 Å². The van der Waals surface area contributed by atoms with Crippen LogP contribution in [0.5, 0.6) is 5.88 Å². The Bertz CT molecular complexity index is 975. The van der Waals surface area contributed by atoms with Crippen LogP contribution in [0.2, 0.25) is 0 Å². The summed E-state index contributed by atoms with van der Waals surface area (Å²) in [6.07, 6.45) is 6.46. The first-order valence-corrected chi connectivity index (χ1v) is 10.6. The highest BCUT2D eigenvalue weighted by atomic mass is 32.1. The van der Waals surface area contributed by atoms with Crippen LogP contribution in [0.4, 0.5) is 0 Å². The average Bonchev–Trinajstić information content (AvgIpc) is 2.99. The van der Waals surface area contributed by atoms with Crippen LogP contribution >= 0.6 is 11.3 Å². The molecule has 0 saturated heterocycles. The molecule has 4 heteroatoms. The number of nitrogens with zero attached hydrogens (tertiary/aromatic N) is 2. The lowest BCUT2D eigenvalue weighted by Crippen LogP contribution is -2.13. The van der Waals surface area contributed by atoms with Gasteiger partial charge in [-0.15, -0.1) is 11.3 Å². The average molecular weight is 381 g/mol. The van der Waals surface area contributed by atoms with Gasteiger partial charge in [0.25, 0.3) is 0 Å². The van der Waals surface area contributed by atoms with Crippen LogP contribution in [0.1, 0.15) is 66.3 Å². The number of aryl methyl sites for hydroxylation is 4. The van der Waals surface area contributed by atoms with Gasteiger partial charge < -0.3 is 4.74 Å². The Balaban J connectivity index is 1.66. The van der Waals surface area contributed by atoms with Crippen LogP contribution in [0.15, 0.2) is 18.5 Å². The molecule has 4 rings (SSSR count). The molecule has 0 unspecified atom stereocenters. The summed E-state index contributed by atoms with van der Waals surface area (Å²) < 4.78 is 6.27. The number of thiophene rings is 1. The molecule has 0 radical (unpaired) electrons. The first-order valence-electron chi connectivity index (χ1n) is 9.83. The lowest BCUT2D eigenvalue weighted by atomic mass is 9.84. The Morgan fingerprint density at radius 3 is 2.44 bits per heavy atom. The standard InChI is InChI=1S/C23H28N2OS/c1-14-10-16(23(3,4)5)11-15(2)18(14)12-26-21-20-17-8-6-7-9-19(17)27-22(20)25-13-24-21/h10-11,13H,6-9,12H2,1-5H3. The maximum absolute atomic E-state index is 6.27. The molecule has 0 atom stereocenters. The van der Waals surface area contributed by atoms with E-state index in [0.29, 0.717) is 6.61 Å². The zero-order valence-corrected chi connectivity index (χ0v) is 17.8. The van der Waals surface area contributed by atoms with E-state index in [1.54, 1.807) is 6.33 Å². The van der Waals surface area contributed by atoms with Gasteiger partial charge in [0.1, 0.15) is 17.8 Å². The zero-order valence-electron chi connectivity index (χ0n) is 17.0. The normalized spacial score (nSPS) is 14.4. The van der Waals surface area contributed by atoms with Crippen molar-refractivity contribution < 1.29 is 4.74 Å². The SMILES string of the molecule is Cc1cc(C(C)(C)C)cc(C)c1COc1ncnc2sc3c(c12)CCCC3. The first kappa shape index (κ1) is 18.4. The number of aromatic nitrogens is 2. The molecule has 0 amide bonds. The van der Waals surface area contributed by atoms with Crippen LogP contribution in [0, 0.1) is 13.8 Å². The lowest BCUT2D eigenvalue weighted by molar-refractivity contribution is 0.296. The van der Waals surface area contributed by atoms with Crippen molar-refractivity contribution in [3.8, 4) is 5.88 Å². The Morgan fingerprint density at radius 2 is 1.74 bits per heavy atom. The second-order valence-electron chi connectivity index (χ2n) is 8.70. The second-order valence-corrected chi connectivity index (χ2v) is 9.78. The third-order valence-electron chi connectivity index (χ3n) is 5.63. The molecular formula is C23H28N2OS. The van der Waals surface area contributed by atoms with Crippen molar-refractivity contribution in [1.29, 1.82) is 0 Å². The number of benzene rings is 1. The van der Waals surface area contributed by atoms with Crippen molar-refractivity contribution in [1.82, 2.24) is 9.97 Å². The van der Waals surface area contributed by atoms with E-state index in [2.05, 4.69) is 56.7 Å². The highest BCUT2D eigenvalue weighted by Crippen LogP contribution is 2.39. The van der Waals surface area contributed by atoms with Crippen LogP contribution in [-0.2, 0) is 24.9 Å². The molecule has 0 saturated carbocycles. The van der Waals surface area contributed by atoms with Gasteiger partial charge >= 0.3 is 0 Å². The quantitative estimate of drug-likeness (QED) is 0.554. The predicted octanol–water partition coefficient (Wildman–Crippen LogP) is 6.06. The monoisotopic (exact) mass is 380 g/mol. The van der Waals surface area contributed by atoms with Crippen molar-refractivity contribution in [2.75, 3.05) is 0 Å². The van der Waals surface area contributed by atoms with Crippen molar-refractivity contribution in [3.05, 3.63) is 51.2 Å². The van der Waals surface area contributed by atoms with Gasteiger partial charge in [-0.3, -0.25) is 0 Å². The van der Waals surface area contributed by atoms with Gasteiger partial charge in [-0.05, 0) is 72.8 Å². The zero-order chi connectivity index (χ0) is 19.2. The van der Waals surface area contributed by atoms with Crippen molar-refractivity contribution in [2.24, 2.45) is 0 Å². The molecule has 3 nitrogen and oxygen atoms in total. The summed E-state index contributed by atoms with van der Waals surface area (Å²) in [6.45, 7) is 11.7. The molecule has 2 aromatic heterocycles. The predicted molar refractivity (Wildman–Crippen MR) is 113 cm³/mol. The number of hydrogen-bond donors (Lipinski definition) is 0. The van der Waals surface area contributed by atoms with E-state index in [1.165, 1.54) is 52.0 Å². The molecule has 0 spiro atoms. The van der Waals surface area contributed by atoms with Crippen molar-refractivity contribution >= 4 is 21.6 Å². The number of fused-ring (bicyclic) bond motifs is 3. The van der Waals surface area contributed by atoms with Gasteiger partial charge in [0.2, 0.25) is 5.88 Å². The van der Waals surface area contributed by atoms with Gasteiger partial charge in [0, 0.05) is 4.88 Å². The van der Waals surface area contributed by atoms with E-state index in [4.69, 9.17) is 4.74 Å². The van der Waals surface area contributed by atoms with E-state index >= 15 is 0 Å². The molecule has 0 N–H and O–H groups in total. The molecule has 27 heavy (non-hydrogen) atoms. The minimum atomic E-state index is 0.156. The highest BCUT2D eigenvalue weighted by molar-refractivity contribution is 7.18. The fourth-order valence-corrected chi connectivity index (χ4v) is 5.18. The van der Waals surface area contributed by atoms with E-state index in [0.717, 1.165) is 22.5 Å². The van der Waals surface area contributed by atoms with Crippen LogP contribution in [0.25, 0.3) is 10.2 Å². The molecular weight excluding hydrogens is 352 g/mol. The fraction of sp³-hybridized carbons (Fsp3) is 0.478. The number of rotatable bonds is 3. The Kier molecular flexibility index (Phi) is 4.71. The smallest absolute Gasteiger partial charge is 0.225 e. The van der Waals surface area contributed by atoms with E-state index < -0.39 is 0 Å². The maximum Gasteiger partial charge on any atom is 0.225 e. The summed E-state index contributed by atoms with van der Waals surface area (Å²) in [5, 5.41) is 1.15. The third kappa shape index (κ3) is 3.47. The summed E-state index contributed by atoms with van der Waals surface area (Å²) in [4.78, 5) is 11.5. The molecule has 0 aliphatic heterocycles. The molecule has 1 aromatic carbocycles. The summed E-state index contributed by atoms with van der Waals surface area (Å²) in [5.41, 5.74) is 6.80. The lowest BCUT2D eigenvalue weighted by Gasteiger charge is -2.22. The third-order valence-corrected chi connectivity index (χ3v) is 6.83. The minimum absolute atomic E-state index is 0.156. The van der Waals surface area contributed by atoms with Gasteiger partial charge in [-0.1, -0.05) is 32.9 Å². The van der Waals surface area contributed by atoms with Gasteiger partial charge in [0.15, 0.2) is 0 Å². The molecule has 0 bridgehead atoms. The molecule has 1 aliphatic carbocycles. The van der Waals surface area contributed by atoms with E-state index in [1.807, 2.05) is 11.3 Å². The first-order chi connectivity index (χ1) is 12.8. The number of hydrogen-bond acceptors (Lipinski definition) is 4. The van der Waals surface area contributed by atoms with Crippen molar-refractivity contribution in [2.45, 2.75) is 72.3 Å². The maximum atomic E-state index is 6.27. The minimum Gasteiger partial charge on any atom is -0.472 e. The van der Waals surface area contributed by atoms with Crippen LogP contribution < -0.4 is 4.74 Å². The summed E-state index contributed by atoms with van der Waals surface area (Å²) >= 11 is 1.82. The van der Waals surface area contributed by atoms with Crippen LogP contribution in [0.3, 0.4) is 0 Å². The Hall–Kier alpha value is -1.94. The summed E-state index contributed by atoms with van der Waals surface area (Å²) in [5.74, 6) is 0.748. The van der Waals surface area contributed by atoms with E-state index in [-0.39, 0.29) is 5.41 Å². The van der Waals surface area contributed by atoms with Gasteiger partial charge in [-0.25, -0.2) is 9.97 Å². The topological polar surface area (TPSA) is 35.0 Å². The highest BCUT2D eigenvalue weighted by Gasteiger charge is 2.21. The van der Waals surface area contributed by atoms with Crippen molar-refractivity contribution in [3.63, 3.8) is 0 Å². The number of ether oxygens (including phenoxy) is 1. The molecule has 1 aliphatic rings. The Morgan fingerprint density at radius 1 is 1.04 bits per heavy atom. The second kappa shape index (κ2) is 6.90. The van der Waals surface area contributed by atoms with Crippen LogP contribution in [-0.4, -0.2) is 9.97 Å². The summed E-state index contributed by atoms with van der Waals surface area (Å²) in [6, 6.07) is 4.60.